The first-order chi connectivity index (χ1) is 13.4. The van der Waals surface area contributed by atoms with Gasteiger partial charge in [0.2, 0.25) is 17.8 Å². The van der Waals surface area contributed by atoms with E-state index in [1.54, 1.807) is 17.0 Å². The predicted octanol–water partition coefficient (Wildman–Crippen LogP) is 0.204. The molecule has 0 spiro atoms. The van der Waals surface area contributed by atoms with Crippen LogP contribution < -0.4 is 20.5 Å². The van der Waals surface area contributed by atoms with Crippen molar-refractivity contribution in [1.82, 2.24) is 10.2 Å². The summed E-state index contributed by atoms with van der Waals surface area (Å²) in [4.78, 5) is 40.4. The van der Waals surface area contributed by atoms with Gasteiger partial charge in [-0.2, -0.15) is 0 Å². The van der Waals surface area contributed by atoms with Crippen LogP contribution in [0.2, 0.25) is 0 Å². The molecule has 10 nitrogen and oxygen atoms in total. The molecule has 28 heavy (non-hydrogen) atoms. The Morgan fingerprint density at radius 3 is 2.82 bits per heavy atom. The number of aliphatic imine (C=N–C) groups is 1. The van der Waals surface area contributed by atoms with Gasteiger partial charge in [-0.15, -0.1) is 0 Å². The first-order valence-electron chi connectivity index (χ1n) is 8.81. The maximum atomic E-state index is 12.2. The van der Waals surface area contributed by atoms with E-state index in [1.165, 1.54) is 14.0 Å². The number of guanidine groups is 1. The van der Waals surface area contributed by atoms with Gasteiger partial charge in [0, 0.05) is 18.9 Å². The molecule has 0 radical (unpaired) electrons. The number of nitrogens with zero attached hydrogens (tertiary/aromatic N) is 2. The van der Waals surface area contributed by atoms with Crippen LogP contribution in [0.5, 0.6) is 11.5 Å². The maximum absolute atomic E-state index is 12.2. The zero-order valence-corrected chi connectivity index (χ0v) is 15.7. The van der Waals surface area contributed by atoms with Crippen molar-refractivity contribution in [3.05, 3.63) is 17.7 Å². The second-order valence-corrected chi connectivity index (χ2v) is 6.38. The van der Waals surface area contributed by atoms with Gasteiger partial charge in [-0.1, -0.05) is 0 Å². The van der Waals surface area contributed by atoms with Crippen LogP contribution in [0, 0.1) is 0 Å². The SMILES string of the molecule is COc1c(OCCCOC(C)=O)ccc2c1CN1C(=N2)NC(=O)C1CC(N)=O. The van der Waals surface area contributed by atoms with Crippen molar-refractivity contribution in [1.29, 1.82) is 0 Å². The molecule has 0 bridgehead atoms. The summed E-state index contributed by atoms with van der Waals surface area (Å²) < 4.78 is 16.2. The van der Waals surface area contributed by atoms with Crippen LogP contribution in [-0.4, -0.2) is 55.0 Å². The van der Waals surface area contributed by atoms with E-state index < -0.39 is 11.9 Å². The second kappa shape index (κ2) is 8.15. The molecule has 2 amide bonds. The molecule has 1 aromatic carbocycles. The number of fused-ring (bicyclic) bond motifs is 2. The zero-order valence-electron chi connectivity index (χ0n) is 15.7. The minimum atomic E-state index is -0.706. The largest absolute Gasteiger partial charge is 0.492 e. The Labute approximate surface area is 161 Å². The fraction of sp³-hybridized carbons (Fsp3) is 0.444. The molecular weight excluding hydrogens is 368 g/mol. The molecule has 1 unspecified atom stereocenters. The Balaban J connectivity index is 1.77. The van der Waals surface area contributed by atoms with Gasteiger partial charge in [0.25, 0.3) is 0 Å². The molecule has 1 saturated heterocycles. The van der Waals surface area contributed by atoms with Gasteiger partial charge < -0.3 is 24.8 Å². The average Bonchev–Trinajstić information content (AvgIpc) is 2.93. The molecule has 150 valence electrons. The van der Waals surface area contributed by atoms with Crippen molar-refractivity contribution in [2.24, 2.45) is 10.7 Å². The highest BCUT2D eigenvalue weighted by molar-refractivity contribution is 6.09. The van der Waals surface area contributed by atoms with Crippen LogP contribution in [-0.2, 0) is 25.7 Å². The summed E-state index contributed by atoms with van der Waals surface area (Å²) in [5, 5.41) is 2.68. The van der Waals surface area contributed by atoms with E-state index in [4.69, 9.17) is 19.9 Å². The number of methoxy groups -OCH3 is 1. The number of nitrogens with one attached hydrogen (secondary N) is 1. The van der Waals surface area contributed by atoms with E-state index in [9.17, 15) is 14.4 Å². The normalized spacial score (nSPS) is 17.2. The topological polar surface area (TPSA) is 133 Å². The number of carbonyl (C=O) groups excluding carboxylic acids is 3. The predicted molar refractivity (Wildman–Crippen MR) is 98.1 cm³/mol. The number of esters is 1. The number of ether oxygens (including phenoxy) is 3. The summed E-state index contributed by atoms with van der Waals surface area (Å²) in [6.45, 7) is 2.28. The van der Waals surface area contributed by atoms with Gasteiger partial charge >= 0.3 is 5.97 Å². The monoisotopic (exact) mass is 390 g/mol. The average molecular weight is 390 g/mol. The fourth-order valence-corrected chi connectivity index (χ4v) is 3.16. The summed E-state index contributed by atoms with van der Waals surface area (Å²) in [6, 6.07) is 2.81. The van der Waals surface area contributed by atoms with E-state index in [2.05, 4.69) is 10.3 Å². The zero-order chi connectivity index (χ0) is 20.3. The molecule has 2 aliphatic rings. The second-order valence-electron chi connectivity index (χ2n) is 6.38. The summed E-state index contributed by atoms with van der Waals surface area (Å²) >= 11 is 0. The van der Waals surface area contributed by atoms with Gasteiger partial charge in [-0.25, -0.2) is 4.99 Å². The van der Waals surface area contributed by atoms with Gasteiger partial charge in [0.15, 0.2) is 11.5 Å². The lowest BCUT2D eigenvalue weighted by Crippen LogP contribution is -2.39. The summed E-state index contributed by atoms with van der Waals surface area (Å²) in [7, 11) is 1.52. The number of carbonyl (C=O) groups is 3. The van der Waals surface area contributed by atoms with Crippen molar-refractivity contribution in [2.45, 2.75) is 32.4 Å². The Bertz CT molecular complexity index is 838. The first-order valence-corrected chi connectivity index (χ1v) is 8.81. The van der Waals surface area contributed by atoms with Gasteiger partial charge in [0.1, 0.15) is 6.04 Å². The minimum Gasteiger partial charge on any atom is -0.492 e. The molecule has 1 aromatic rings. The smallest absolute Gasteiger partial charge is 0.302 e. The molecule has 3 N–H and O–H groups in total. The number of benzene rings is 1. The van der Waals surface area contributed by atoms with Crippen LogP contribution in [0.25, 0.3) is 0 Å². The number of nitrogens with two attached hydrogens (primary N) is 1. The number of rotatable bonds is 8. The Kier molecular flexibility index (Phi) is 5.67. The van der Waals surface area contributed by atoms with Crippen molar-refractivity contribution >= 4 is 29.4 Å². The molecule has 2 heterocycles. The molecule has 0 saturated carbocycles. The van der Waals surface area contributed by atoms with Crippen LogP contribution in [0.3, 0.4) is 0 Å². The highest BCUT2D eigenvalue weighted by Crippen LogP contribution is 2.41. The van der Waals surface area contributed by atoms with Gasteiger partial charge in [-0.05, 0) is 12.1 Å². The van der Waals surface area contributed by atoms with Crippen LogP contribution >= 0.6 is 0 Å². The van der Waals surface area contributed by atoms with E-state index >= 15 is 0 Å². The first kappa shape index (κ1) is 19.5. The van der Waals surface area contributed by atoms with Crippen molar-refractivity contribution < 1.29 is 28.6 Å². The van der Waals surface area contributed by atoms with Crippen LogP contribution in [0.1, 0.15) is 25.3 Å². The molecule has 1 fully saturated rings. The summed E-state index contributed by atoms with van der Waals surface area (Å²) in [6.07, 6.45) is 0.433. The number of hydrogen-bond donors (Lipinski definition) is 2. The highest BCUT2D eigenvalue weighted by Gasteiger charge is 2.40. The molecule has 0 aromatic heterocycles. The molecule has 10 heteroatoms. The minimum absolute atomic E-state index is 0.102. The fourth-order valence-electron chi connectivity index (χ4n) is 3.16. The van der Waals surface area contributed by atoms with Gasteiger partial charge in [-0.3, -0.25) is 19.7 Å². The molecule has 1 atom stereocenters. The quantitative estimate of drug-likeness (QED) is 0.479. The highest BCUT2D eigenvalue weighted by atomic mass is 16.5. The molecular formula is C18H22N4O6. The van der Waals surface area contributed by atoms with Crippen molar-refractivity contribution in [3.63, 3.8) is 0 Å². The third-order valence-electron chi connectivity index (χ3n) is 4.39. The Morgan fingerprint density at radius 1 is 1.36 bits per heavy atom. The molecule has 3 rings (SSSR count). The van der Waals surface area contributed by atoms with Crippen molar-refractivity contribution in [2.75, 3.05) is 20.3 Å². The van der Waals surface area contributed by atoms with E-state index in [-0.39, 0.29) is 24.9 Å². The number of amides is 2. The third kappa shape index (κ3) is 4.00. The molecule has 0 aliphatic carbocycles. The van der Waals surface area contributed by atoms with Crippen molar-refractivity contribution in [3.8, 4) is 11.5 Å². The summed E-state index contributed by atoms with van der Waals surface area (Å²) in [5.41, 5.74) is 6.66. The standard InChI is InChI=1S/C18H22N4O6/c1-10(23)27-6-3-7-28-14-5-4-12-11(16(14)26-2)9-22-13(8-15(19)24)17(25)21-18(22)20-12/h4-5,13H,3,6-9H2,1-2H3,(H2,19,24)(H,20,21,25). The Morgan fingerprint density at radius 2 is 2.14 bits per heavy atom. The summed E-state index contributed by atoms with van der Waals surface area (Å²) in [5.74, 6) is 0.202. The van der Waals surface area contributed by atoms with E-state index in [0.717, 1.165) is 5.56 Å². The van der Waals surface area contributed by atoms with E-state index in [1.807, 2.05) is 0 Å². The lowest BCUT2D eigenvalue weighted by Gasteiger charge is -2.29. The Hall–Kier alpha value is -3.30. The molecule has 2 aliphatic heterocycles. The van der Waals surface area contributed by atoms with Gasteiger partial charge in [0.05, 0.1) is 39.0 Å². The van der Waals surface area contributed by atoms with Crippen LogP contribution in [0.4, 0.5) is 5.69 Å². The third-order valence-corrected chi connectivity index (χ3v) is 4.39. The number of hydrogen-bond acceptors (Lipinski definition) is 8. The van der Waals surface area contributed by atoms with Crippen LogP contribution in [0.15, 0.2) is 17.1 Å². The van der Waals surface area contributed by atoms with E-state index in [0.29, 0.717) is 42.7 Å². The lowest BCUT2D eigenvalue weighted by atomic mass is 10.1. The maximum Gasteiger partial charge on any atom is 0.302 e. The lowest BCUT2D eigenvalue weighted by molar-refractivity contribution is -0.141. The number of primary amides is 1.